The van der Waals surface area contributed by atoms with E-state index in [0.29, 0.717) is 16.3 Å². The van der Waals surface area contributed by atoms with Crippen molar-refractivity contribution in [2.24, 2.45) is 4.99 Å². The molecule has 0 bridgehead atoms. The first-order chi connectivity index (χ1) is 9.93. The topological polar surface area (TPSA) is 84.6 Å². The van der Waals surface area contributed by atoms with E-state index in [0.717, 1.165) is 5.70 Å². The quantitative estimate of drug-likeness (QED) is 0.685. The molecule has 110 valence electrons. The maximum Gasteiger partial charge on any atom is 0.269 e. The van der Waals surface area contributed by atoms with Crippen molar-refractivity contribution < 1.29 is 9.72 Å². The number of carbonyl (C=O) groups excluding carboxylic acids is 1. The summed E-state index contributed by atoms with van der Waals surface area (Å²) in [6.07, 6.45) is 1.88. The van der Waals surface area contributed by atoms with Gasteiger partial charge < -0.3 is 5.32 Å². The molecular weight excluding hydrogens is 290 g/mol. The number of ketones is 1. The lowest BCUT2D eigenvalue weighted by atomic mass is 9.94. The lowest BCUT2D eigenvalue weighted by Gasteiger charge is -2.25. The Labute approximate surface area is 126 Å². The van der Waals surface area contributed by atoms with Gasteiger partial charge in [0.25, 0.3) is 5.69 Å². The Balaban J connectivity index is 2.54. The molecular formula is C14H15N3O3S. The van der Waals surface area contributed by atoms with Crippen LogP contribution in [0.4, 0.5) is 5.69 Å². The Bertz CT molecular complexity index is 667. The van der Waals surface area contributed by atoms with Gasteiger partial charge in [-0.3, -0.25) is 14.9 Å². The molecule has 0 aromatic heterocycles. The summed E-state index contributed by atoms with van der Waals surface area (Å²) < 4.78 is 0. The molecule has 0 fully saturated rings. The standard InChI is InChI=1S/C14H15N3O3S/c1-8-12(9(2)18)13(16-14(15-8)21-3)10-5-4-6-11(7-10)17(19)20/h4-7,13H,1-3H3,(H,15,16). The lowest BCUT2D eigenvalue weighted by Crippen LogP contribution is -2.28. The van der Waals surface area contributed by atoms with Gasteiger partial charge in [-0.1, -0.05) is 23.9 Å². The minimum atomic E-state index is -0.508. The normalized spacial score (nSPS) is 18.0. The van der Waals surface area contributed by atoms with E-state index in [2.05, 4.69) is 10.3 Å². The number of nitrogens with one attached hydrogen (secondary N) is 1. The zero-order valence-electron chi connectivity index (χ0n) is 11.9. The van der Waals surface area contributed by atoms with Gasteiger partial charge in [-0.05, 0) is 25.7 Å². The fourth-order valence-corrected chi connectivity index (χ4v) is 2.72. The van der Waals surface area contributed by atoms with Crippen molar-refractivity contribution in [2.75, 3.05) is 6.26 Å². The highest BCUT2D eigenvalue weighted by Gasteiger charge is 2.27. The monoisotopic (exact) mass is 305 g/mol. The SMILES string of the molecule is CSC1=NC(c2cccc([N+](=O)[O-])c2)C(C(C)=O)=C(C)N1. The number of nitro benzene ring substituents is 1. The van der Waals surface area contributed by atoms with E-state index in [1.165, 1.54) is 30.8 Å². The lowest BCUT2D eigenvalue weighted by molar-refractivity contribution is -0.384. The first-order valence-electron chi connectivity index (χ1n) is 6.29. The molecule has 0 saturated heterocycles. The summed E-state index contributed by atoms with van der Waals surface area (Å²) >= 11 is 1.43. The molecule has 1 aromatic carbocycles. The maximum atomic E-state index is 11.9. The fraction of sp³-hybridized carbons (Fsp3) is 0.286. The van der Waals surface area contributed by atoms with Crippen LogP contribution in [0, 0.1) is 10.1 Å². The average molecular weight is 305 g/mol. The number of hydrogen-bond donors (Lipinski definition) is 1. The van der Waals surface area contributed by atoms with Crippen molar-refractivity contribution in [1.82, 2.24) is 5.32 Å². The number of allylic oxidation sites excluding steroid dienone is 1. The van der Waals surface area contributed by atoms with Crippen LogP contribution in [0.25, 0.3) is 0 Å². The van der Waals surface area contributed by atoms with Crippen molar-refractivity contribution in [1.29, 1.82) is 0 Å². The largest absolute Gasteiger partial charge is 0.338 e. The third-order valence-electron chi connectivity index (χ3n) is 3.19. The first kappa shape index (κ1) is 15.2. The van der Waals surface area contributed by atoms with Gasteiger partial charge in [0.2, 0.25) is 0 Å². The molecule has 1 unspecified atom stereocenters. The van der Waals surface area contributed by atoms with Gasteiger partial charge in [-0.2, -0.15) is 0 Å². The van der Waals surface area contributed by atoms with Gasteiger partial charge in [0.1, 0.15) is 6.04 Å². The second kappa shape index (κ2) is 6.09. The minimum absolute atomic E-state index is 0.00695. The minimum Gasteiger partial charge on any atom is -0.338 e. The summed E-state index contributed by atoms with van der Waals surface area (Å²) in [4.78, 5) is 26.9. The number of nitrogens with zero attached hydrogens (tertiary/aromatic N) is 2. The number of nitro groups is 1. The van der Waals surface area contributed by atoms with Crippen LogP contribution in [-0.2, 0) is 4.79 Å². The van der Waals surface area contributed by atoms with Crippen molar-refractivity contribution >= 4 is 28.4 Å². The first-order valence-corrected chi connectivity index (χ1v) is 7.51. The number of benzene rings is 1. The molecule has 1 aliphatic heterocycles. The van der Waals surface area contributed by atoms with Crippen LogP contribution < -0.4 is 5.32 Å². The summed E-state index contributed by atoms with van der Waals surface area (Å²) in [7, 11) is 0. The average Bonchev–Trinajstić information content (AvgIpc) is 2.45. The van der Waals surface area contributed by atoms with Crippen molar-refractivity contribution in [3.63, 3.8) is 0 Å². The zero-order chi connectivity index (χ0) is 15.6. The van der Waals surface area contributed by atoms with E-state index in [1.54, 1.807) is 12.1 Å². The van der Waals surface area contributed by atoms with Crippen LogP contribution in [0.1, 0.15) is 25.5 Å². The van der Waals surface area contributed by atoms with Gasteiger partial charge >= 0.3 is 0 Å². The zero-order valence-corrected chi connectivity index (χ0v) is 12.7. The van der Waals surface area contributed by atoms with Crippen molar-refractivity contribution in [3.05, 3.63) is 51.2 Å². The maximum absolute atomic E-state index is 11.9. The third kappa shape index (κ3) is 3.13. The predicted molar refractivity (Wildman–Crippen MR) is 83.3 cm³/mol. The molecule has 0 amide bonds. The number of hydrogen-bond acceptors (Lipinski definition) is 6. The highest BCUT2D eigenvalue weighted by molar-refractivity contribution is 8.13. The Hall–Kier alpha value is -2.15. The molecule has 1 N–H and O–H groups in total. The van der Waals surface area contributed by atoms with Crippen LogP contribution in [-0.4, -0.2) is 22.1 Å². The Morgan fingerprint density at radius 2 is 2.19 bits per heavy atom. The second-order valence-corrected chi connectivity index (χ2v) is 5.41. The molecule has 1 aliphatic rings. The molecule has 0 radical (unpaired) electrons. The molecule has 6 nitrogen and oxygen atoms in total. The van der Waals surface area contributed by atoms with E-state index in [9.17, 15) is 14.9 Å². The van der Waals surface area contributed by atoms with E-state index < -0.39 is 11.0 Å². The molecule has 1 heterocycles. The number of carbonyl (C=O) groups is 1. The number of non-ortho nitro benzene ring substituents is 1. The van der Waals surface area contributed by atoms with Gasteiger partial charge in [0, 0.05) is 23.4 Å². The molecule has 7 heteroatoms. The predicted octanol–water partition coefficient (Wildman–Crippen LogP) is 2.82. The molecule has 0 aliphatic carbocycles. The summed E-state index contributed by atoms with van der Waals surface area (Å²) in [5.41, 5.74) is 1.90. The Morgan fingerprint density at radius 3 is 2.76 bits per heavy atom. The van der Waals surface area contributed by atoms with Crippen LogP contribution in [0.15, 0.2) is 40.5 Å². The van der Waals surface area contributed by atoms with Crippen LogP contribution in [0.3, 0.4) is 0 Å². The van der Waals surface area contributed by atoms with Crippen LogP contribution in [0.2, 0.25) is 0 Å². The highest BCUT2D eigenvalue weighted by atomic mass is 32.2. The molecule has 0 saturated carbocycles. The number of Topliss-reactive ketones (excluding diaryl/α,β-unsaturated/α-hetero) is 1. The van der Waals surface area contributed by atoms with E-state index >= 15 is 0 Å². The number of rotatable bonds is 3. The summed E-state index contributed by atoms with van der Waals surface area (Å²) in [6, 6.07) is 5.74. The van der Waals surface area contributed by atoms with Gasteiger partial charge in [-0.25, -0.2) is 4.99 Å². The molecule has 2 rings (SSSR count). The molecule has 0 spiro atoms. The highest BCUT2D eigenvalue weighted by Crippen LogP contribution is 2.33. The number of aliphatic imine (C=N–C) groups is 1. The van der Waals surface area contributed by atoms with E-state index in [-0.39, 0.29) is 11.5 Å². The van der Waals surface area contributed by atoms with Crippen LogP contribution >= 0.6 is 11.8 Å². The van der Waals surface area contributed by atoms with Gasteiger partial charge in [-0.15, -0.1) is 0 Å². The smallest absolute Gasteiger partial charge is 0.269 e. The van der Waals surface area contributed by atoms with E-state index in [4.69, 9.17) is 0 Å². The molecule has 21 heavy (non-hydrogen) atoms. The van der Waals surface area contributed by atoms with Crippen LogP contribution in [0.5, 0.6) is 0 Å². The molecule has 1 aromatic rings. The summed E-state index contributed by atoms with van der Waals surface area (Å²) in [6.45, 7) is 3.29. The van der Waals surface area contributed by atoms with Crippen molar-refractivity contribution in [3.8, 4) is 0 Å². The third-order valence-corrected chi connectivity index (χ3v) is 3.78. The second-order valence-electron chi connectivity index (χ2n) is 4.61. The molecule has 1 atom stereocenters. The van der Waals surface area contributed by atoms with Gasteiger partial charge in [0.15, 0.2) is 11.0 Å². The Morgan fingerprint density at radius 1 is 1.48 bits per heavy atom. The summed E-state index contributed by atoms with van der Waals surface area (Å²) in [5.74, 6) is -0.0968. The van der Waals surface area contributed by atoms with Gasteiger partial charge in [0.05, 0.1) is 4.92 Å². The van der Waals surface area contributed by atoms with Crippen molar-refractivity contribution in [2.45, 2.75) is 19.9 Å². The summed E-state index contributed by atoms with van der Waals surface area (Å²) in [5, 5.41) is 14.7. The number of thioether (sulfide) groups is 1. The van der Waals surface area contributed by atoms with E-state index in [1.807, 2.05) is 13.2 Å². The Kier molecular flexibility index (Phi) is 4.42. The fourth-order valence-electron chi connectivity index (χ4n) is 2.26. The number of amidine groups is 1.